The Morgan fingerprint density at radius 3 is 2.57 bits per heavy atom. The maximum absolute atomic E-state index is 13.5. The van der Waals surface area contributed by atoms with Crippen LogP contribution >= 0.6 is 0 Å². The highest BCUT2D eigenvalue weighted by Gasteiger charge is 2.34. The van der Waals surface area contributed by atoms with Crippen LogP contribution in [0.15, 0.2) is 72.8 Å². The minimum absolute atomic E-state index is 0.161. The molecule has 30 heavy (non-hydrogen) atoms. The van der Waals surface area contributed by atoms with Crippen LogP contribution in [0.5, 0.6) is 0 Å². The highest BCUT2D eigenvalue weighted by atomic mass is 16.6. The van der Waals surface area contributed by atoms with Crippen LogP contribution in [0.2, 0.25) is 0 Å². The molecule has 7 nitrogen and oxygen atoms in total. The molecule has 1 aliphatic rings. The van der Waals surface area contributed by atoms with Gasteiger partial charge in [0.15, 0.2) is 0 Å². The van der Waals surface area contributed by atoms with Crippen molar-refractivity contribution in [3.63, 3.8) is 0 Å². The molecule has 0 saturated heterocycles. The van der Waals surface area contributed by atoms with E-state index in [1.807, 2.05) is 55.5 Å². The Labute approximate surface area is 173 Å². The molecule has 0 aliphatic carbocycles. The van der Waals surface area contributed by atoms with E-state index in [0.29, 0.717) is 5.69 Å². The predicted molar refractivity (Wildman–Crippen MR) is 112 cm³/mol. The second-order valence-corrected chi connectivity index (χ2v) is 7.19. The second kappa shape index (κ2) is 7.79. The van der Waals surface area contributed by atoms with Crippen LogP contribution in [-0.4, -0.2) is 28.2 Å². The van der Waals surface area contributed by atoms with Gasteiger partial charge in [0.05, 0.1) is 11.0 Å². The van der Waals surface area contributed by atoms with E-state index in [9.17, 15) is 19.7 Å². The molecule has 0 aromatic heterocycles. The Morgan fingerprint density at radius 2 is 1.83 bits per heavy atom. The van der Waals surface area contributed by atoms with Crippen molar-refractivity contribution >= 4 is 23.2 Å². The van der Waals surface area contributed by atoms with Crippen molar-refractivity contribution in [2.45, 2.75) is 13.0 Å². The molecule has 1 N–H and O–H groups in total. The first-order valence-electron chi connectivity index (χ1n) is 9.45. The number of nitro benzene ring substituents is 1. The van der Waals surface area contributed by atoms with E-state index in [4.69, 9.17) is 0 Å². The summed E-state index contributed by atoms with van der Waals surface area (Å²) in [7, 11) is 0. The van der Waals surface area contributed by atoms with Gasteiger partial charge in [0, 0.05) is 28.9 Å². The van der Waals surface area contributed by atoms with Gasteiger partial charge < -0.3 is 10.2 Å². The van der Waals surface area contributed by atoms with Gasteiger partial charge >= 0.3 is 0 Å². The van der Waals surface area contributed by atoms with Crippen LogP contribution in [0.3, 0.4) is 0 Å². The van der Waals surface area contributed by atoms with Crippen LogP contribution in [0.1, 0.15) is 33.1 Å². The third-order valence-corrected chi connectivity index (χ3v) is 5.08. The van der Waals surface area contributed by atoms with Crippen LogP contribution in [-0.2, 0) is 4.79 Å². The molecule has 1 aliphatic heterocycles. The Morgan fingerprint density at radius 1 is 1.07 bits per heavy atom. The van der Waals surface area contributed by atoms with Gasteiger partial charge in [-0.3, -0.25) is 19.7 Å². The number of hydrogen-bond acceptors (Lipinski definition) is 4. The highest BCUT2D eigenvalue weighted by Crippen LogP contribution is 2.37. The van der Waals surface area contributed by atoms with Crippen molar-refractivity contribution in [1.29, 1.82) is 0 Å². The number of rotatable bonds is 3. The summed E-state index contributed by atoms with van der Waals surface area (Å²) in [5, 5.41) is 14.0. The number of fused-ring (bicyclic) bond motifs is 1. The lowest BCUT2D eigenvalue weighted by Crippen LogP contribution is -2.39. The summed E-state index contributed by atoms with van der Waals surface area (Å²) in [5.74, 6) is -0.769. The third-order valence-electron chi connectivity index (χ3n) is 5.08. The number of nitro groups is 1. The van der Waals surface area contributed by atoms with E-state index in [2.05, 4.69) is 5.32 Å². The molecule has 2 amide bonds. The number of nitrogens with zero attached hydrogens (tertiary/aromatic N) is 2. The van der Waals surface area contributed by atoms with Gasteiger partial charge in [-0.15, -0.1) is 0 Å². The molecule has 3 aromatic rings. The second-order valence-electron chi connectivity index (χ2n) is 7.19. The molecule has 0 bridgehead atoms. The van der Waals surface area contributed by atoms with E-state index in [-0.39, 0.29) is 23.7 Å². The Bertz CT molecular complexity index is 1140. The molecule has 0 saturated carbocycles. The summed E-state index contributed by atoms with van der Waals surface area (Å²) in [5.41, 5.74) is 3.27. The fraction of sp³-hybridized carbons (Fsp3) is 0.130. The van der Waals surface area contributed by atoms with Gasteiger partial charge in [-0.2, -0.15) is 0 Å². The predicted octanol–water partition coefficient (Wildman–Crippen LogP) is 4.09. The fourth-order valence-electron chi connectivity index (χ4n) is 3.73. The number of nitrogens with one attached hydrogen (secondary N) is 1. The van der Waals surface area contributed by atoms with E-state index in [0.717, 1.165) is 16.7 Å². The first-order chi connectivity index (χ1) is 14.4. The lowest BCUT2D eigenvalue weighted by Gasteiger charge is -2.30. The maximum atomic E-state index is 13.5. The van der Waals surface area contributed by atoms with E-state index < -0.39 is 16.9 Å². The number of aryl methyl sites for hydroxylation is 1. The average Bonchev–Trinajstić information content (AvgIpc) is 2.89. The summed E-state index contributed by atoms with van der Waals surface area (Å²) in [6.45, 7) is 1.77. The molecule has 3 aromatic carbocycles. The number of non-ortho nitro benzene ring substituents is 1. The van der Waals surface area contributed by atoms with Crippen molar-refractivity contribution in [2.24, 2.45) is 0 Å². The number of anilines is 1. The van der Waals surface area contributed by atoms with E-state index in [1.54, 1.807) is 0 Å². The number of carbonyl (C=O) groups excluding carboxylic acids is 2. The molecule has 0 radical (unpaired) electrons. The zero-order valence-corrected chi connectivity index (χ0v) is 16.2. The zero-order valence-electron chi connectivity index (χ0n) is 16.2. The number of carbonyl (C=O) groups is 2. The molecule has 0 spiro atoms. The standard InChI is InChI=1S/C23H19N3O4/c1-15-10-11-20-19(12-15)22(16-6-3-2-4-7-16)25(14-21(27)24-20)23(28)17-8-5-9-18(13-17)26(29)30/h2-13,22H,14H2,1H3,(H,24,27)/t22-/m0/s1. The smallest absolute Gasteiger partial charge is 0.270 e. The molecular weight excluding hydrogens is 382 g/mol. The number of hydrogen-bond donors (Lipinski definition) is 1. The van der Waals surface area contributed by atoms with Gasteiger partial charge in [-0.05, 0) is 24.6 Å². The normalized spacial score (nSPS) is 15.7. The minimum Gasteiger partial charge on any atom is -0.324 e. The summed E-state index contributed by atoms with van der Waals surface area (Å²) in [6.07, 6.45) is 0. The van der Waals surface area contributed by atoms with E-state index in [1.165, 1.54) is 29.2 Å². The van der Waals surface area contributed by atoms with Crippen LogP contribution in [0.25, 0.3) is 0 Å². The monoisotopic (exact) mass is 401 g/mol. The number of benzene rings is 3. The molecule has 1 heterocycles. The Kier molecular flexibility index (Phi) is 5.02. The van der Waals surface area contributed by atoms with Crippen molar-refractivity contribution in [2.75, 3.05) is 11.9 Å². The molecule has 0 fully saturated rings. The SMILES string of the molecule is Cc1ccc2c(c1)[C@H](c1ccccc1)N(C(=O)c1cccc([N+](=O)[O-])c1)CC(=O)N2. The average molecular weight is 401 g/mol. The lowest BCUT2D eigenvalue weighted by atomic mass is 9.94. The van der Waals surface area contributed by atoms with Crippen molar-refractivity contribution in [3.8, 4) is 0 Å². The van der Waals surface area contributed by atoms with Gasteiger partial charge in [-0.1, -0.05) is 54.1 Å². The molecule has 7 heteroatoms. The molecule has 4 rings (SSSR count). The fourth-order valence-corrected chi connectivity index (χ4v) is 3.73. The Balaban J connectivity index is 1.87. The van der Waals surface area contributed by atoms with Crippen LogP contribution < -0.4 is 5.32 Å². The summed E-state index contributed by atoms with van der Waals surface area (Å²) in [6, 6.07) is 20.2. The summed E-state index contributed by atoms with van der Waals surface area (Å²) >= 11 is 0. The topological polar surface area (TPSA) is 92.6 Å². The van der Waals surface area contributed by atoms with Crippen LogP contribution in [0.4, 0.5) is 11.4 Å². The van der Waals surface area contributed by atoms with Gasteiger partial charge in [0.25, 0.3) is 11.6 Å². The molecule has 150 valence electrons. The lowest BCUT2D eigenvalue weighted by molar-refractivity contribution is -0.384. The molecule has 1 atom stereocenters. The van der Waals surface area contributed by atoms with Gasteiger partial charge in [0.2, 0.25) is 5.91 Å². The maximum Gasteiger partial charge on any atom is 0.270 e. The van der Waals surface area contributed by atoms with Crippen molar-refractivity contribution in [3.05, 3.63) is 105 Å². The highest BCUT2D eigenvalue weighted by molar-refractivity contribution is 6.01. The Hall–Kier alpha value is -4.00. The first-order valence-corrected chi connectivity index (χ1v) is 9.45. The quantitative estimate of drug-likeness (QED) is 0.528. The summed E-state index contributed by atoms with van der Waals surface area (Å²) in [4.78, 5) is 38.2. The third kappa shape index (κ3) is 3.65. The first kappa shape index (κ1) is 19.3. The van der Waals surface area contributed by atoms with Crippen molar-refractivity contribution in [1.82, 2.24) is 4.90 Å². The van der Waals surface area contributed by atoms with Gasteiger partial charge in [0.1, 0.15) is 6.54 Å². The molecule has 0 unspecified atom stereocenters. The van der Waals surface area contributed by atoms with E-state index >= 15 is 0 Å². The van der Waals surface area contributed by atoms with Crippen LogP contribution in [0, 0.1) is 17.0 Å². The zero-order chi connectivity index (χ0) is 21.3. The number of amides is 2. The minimum atomic E-state index is -0.542. The molecular formula is C23H19N3O4. The van der Waals surface area contributed by atoms with Crippen molar-refractivity contribution < 1.29 is 14.5 Å². The summed E-state index contributed by atoms with van der Waals surface area (Å²) < 4.78 is 0. The van der Waals surface area contributed by atoms with Gasteiger partial charge in [-0.25, -0.2) is 0 Å². The largest absolute Gasteiger partial charge is 0.324 e.